The monoisotopic (exact) mass is 512 g/mol. The van der Waals surface area contributed by atoms with Crippen molar-refractivity contribution in [3.8, 4) is 5.75 Å². The minimum atomic E-state index is -3.18. The number of amides is 1. The molecule has 0 aliphatic rings. The standard InChI is InChI=1S/C26H38F2N2O6/c1-4-24(31)23(16-17-26(27,28)19-35-22-13-9-7-10-14-22)20(2)12-8-5-6-11-15-25(32)29-21(3)18-36-30(33)34/h5,7-10,13-14,16-17,20-21,23-24,31H,4,6,11-12,15,18-19H2,1-3H3,(H,29,32)/b8-5-,17-16+. The van der Waals surface area contributed by atoms with Crippen LogP contribution >= 0.6 is 0 Å². The zero-order valence-corrected chi connectivity index (χ0v) is 21.1. The highest BCUT2D eigenvalue weighted by Crippen LogP contribution is 2.26. The summed E-state index contributed by atoms with van der Waals surface area (Å²) in [6, 6.07) is 7.94. The van der Waals surface area contributed by atoms with E-state index in [4.69, 9.17) is 4.74 Å². The Bertz CT molecular complexity index is 835. The highest BCUT2D eigenvalue weighted by Gasteiger charge is 2.29. The van der Waals surface area contributed by atoms with Crippen LogP contribution in [-0.4, -0.2) is 47.4 Å². The molecule has 1 aromatic carbocycles. The number of allylic oxidation sites excluding steroid dienone is 2. The van der Waals surface area contributed by atoms with Gasteiger partial charge in [0.25, 0.3) is 11.0 Å². The number of halogens is 2. The summed E-state index contributed by atoms with van der Waals surface area (Å²) in [5, 5.41) is 22.3. The molecule has 1 amide bonds. The number of nitrogens with zero attached hydrogens (tertiary/aromatic N) is 1. The lowest BCUT2D eigenvalue weighted by molar-refractivity contribution is -0.758. The minimum absolute atomic E-state index is 0.0796. The van der Waals surface area contributed by atoms with E-state index in [9.17, 15) is 28.8 Å². The Morgan fingerprint density at radius 1 is 1.25 bits per heavy atom. The van der Waals surface area contributed by atoms with Crippen LogP contribution in [0.15, 0.2) is 54.6 Å². The second kappa shape index (κ2) is 16.6. The molecule has 0 aromatic heterocycles. The summed E-state index contributed by atoms with van der Waals surface area (Å²) in [5.74, 6) is -3.56. The minimum Gasteiger partial charge on any atom is -0.487 e. The Labute approximate surface area is 211 Å². The number of para-hydroxylation sites is 1. The van der Waals surface area contributed by atoms with E-state index >= 15 is 0 Å². The van der Waals surface area contributed by atoms with Crippen LogP contribution in [0, 0.1) is 22.0 Å². The molecule has 0 radical (unpaired) electrons. The number of ether oxygens (including phenoxy) is 1. The second-order valence-corrected chi connectivity index (χ2v) is 8.84. The van der Waals surface area contributed by atoms with Gasteiger partial charge in [0.1, 0.15) is 12.4 Å². The van der Waals surface area contributed by atoms with Crippen molar-refractivity contribution in [1.29, 1.82) is 0 Å². The van der Waals surface area contributed by atoms with Crippen LogP contribution in [0.1, 0.15) is 52.9 Å². The van der Waals surface area contributed by atoms with Crippen LogP contribution in [-0.2, 0) is 9.63 Å². The number of aliphatic hydroxyl groups is 1. The number of hydrogen-bond donors (Lipinski definition) is 2. The number of carbonyl (C=O) groups excluding carboxylic acids is 1. The third-order valence-corrected chi connectivity index (χ3v) is 5.54. The molecule has 0 saturated heterocycles. The molecule has 36 heavy (non-hydrogen) atoms. The highest BCUT2D eigenvalue weighted by atomic mass is 19.3. The lowest BCUT2D eigenvalue weighted by Gasteiger charge is -2.25. The molecule has 8 nitrogen and oxygen atoms in total. The van der Waals surface area contributed by atoms with E-state index in [1.54, 1.807) is 44.2 Å². The van der Waals surface area contributed by atoms with E-state index in [1.165, 1.54) is 6.08 Å². The molecule has 2 N–H and O–H groups in total. The van der Waals surface area contributed by atoms with Crippen LogP contribution < -0.4 is 10.1 Å². The summed E-state index contributed by atoms with van der Waals surface area (Å²) < 4.78 is 33.9. The third kappa shape index (κ3) is 13.8. The van der Waals surface area contributed by atoms with Crippen molar-refractivity contribution in [2.24, 2.45) is 11.8 Å². The van der Waals surface area contributed by atoms with Crippen molar-refractivity contribution in [2.45, 2.75) is 70.9 Å². The molecule has 202 valence electrons. The zero-order chi connectivity index (χ0) is 27.0. The molecule has 0 fully saturated rings. The van der Waals surface area contributed by atoms with Gasteiger partial charge in [-0.3, -0.25) is 4.79 Å². The third-order valence-electron chi connectivity index (χ3n) is 5.54. The quantitative estimate of drug-likeness (QED) is 0.122. The van der Waals surface area contributed by atoms with Crippen molar-refractivity contribution < 1.29 is 33.3 Å². The van der Waals surface area contributed by atoms with Crippen molar-refractivity contribution in [3.63, 3.8) is 0 Å². The molecular weight excluding hydrogens is 474 g/mol. The Morgan fingerprint density at radius 2 is 1.94 bits per heavy atom. The first-order valence-corrected chi connectivity index (χ1v) is 12.2. The van der Waals surface area contributed by atoms with Gasteiger partial charge in [-0.2, -0.15) is 8.78 Å². The maximum absolute atomic E-state index is 14.3. The molecule has 0 bridgehead atoms. The Balaban J connectivity index is 2.47. The molecule has 4 unspecified atom stereocenters. The molecule has 1 rings (SSSR count). The molecule has 1 aromatic rings. The fourth-order valence-electron chi connectivity index (χ4n) is 3.49. The average molecular weight is 513 g/mol. The summed E-state index contributed by atoms with van der Waals surface area (Å²) in [6.45, 7) is 4.33. The number of rotatable bonds is 18. The predicted molar refractivity (Wildman–Crippen MR) is 133 cm³/mol. The van der Waals surface area contributed by atoms with E-state index in [-0.39, 0.29) is 24.9 Å². The van der Waals surface area contributed by atoms with Crippen LogP contribution in [0.2, 0.25) is 0 Å². The van der Waals surface area contributed by atoms with Crippen molar-refractivity contribution in [2.75, 3.05) is 13.2 Å². The summed E-state index contributed by atoms with van der Waals surface area (Å²) >= 11 is 0. The molecular formula is C26H38F2N2O6. The Kier molecular flexibility index (Phi) is 14.3. The van der Waals surface area contributed by atoms with Gasteiger partial charge in [0.05, 0.1) is 6.10 Å². The Hall–Kier alpha value is -3.01. The van der Waals surface area contributed by atoms with Gasteiger partial charge in [-0.05, 0) is 56.7 Å². The van der Waals surface area contributed by atoms with E-state index in [0.29, 0.717) is 31.4 Å². The number of aliphatic hydroxyl groups excluding tert-OH is 1. The van der Waals surface area contributed by atoms with Gasteiger partial charge in [-0.1, -0.05) is 50.3 Å². The molecule has 10 heteroatoms. The SMILES string of the molecule is CCC(O)C(/C=C/C(F)(F)COc1ccccc1)C(C)C/C=C\CCCC(=O)NC(C)CO[N+](=O)[O-]. The molecule has 0 saturated carbocycles. The number of nitrogens with one attached hydrogen (secondary N) is 1. The second-order valence-electron chi connectivity index (χ2n) is 8.84. The molecule has 4 atom stereocenters. The first-order chi connectivity index (χ1) is 17.0. The largest absolute Gasteiger partial charge is 0.487 e. The van der Waals surface area contributed by atoms with E-state index in [2.05, 4.69) is 10.2 Å². The first kappa shape index (κ1) is 31.0. The van der Waals surface area contributed by atoms with Crippen molar-refractivity contribution >= 4 is 5.91 Å². The van der Waals surface area contributed by atoms with Crippen LogP contribution in [0.5, 0.6) is 5.75 Å². The summed E-state index contributed by atoms with van der Waals surface area (Å²) in [7, 11) is 0. The fraction of sp³-hybridized carbons (Fsp3) is 0.577. The van der Waals surface area contributed by atoms with Crippen molar-refractivity contribution in [1.82, 2.24) is 5.32 Å². The summed E-state index contributed by atoms with van der Waals surface area (Å²) in [6.07, 6.45) is 7.82. The molecule has 0 spiro atoms. The molecule has 0 aliphatic heterocycles. The van der Waals surface area contributed by atoms with E-state index in [0.717, 1.165) is 6.08 Å². The van der Waals surface area contributed by atoms with Gasteiger partial charge >= 0.3 is 0 Å². The van der Waals surface area contributed by atoms with Gasteiger partial charge in [-0.25, -0.2) is 0 Å². The van der Waals surface area contributed by atoms with Crippen LogP contribution in [0.4, 0.5) is 8.78 Å². The molecule has 0 aliphatic carbocycles. The number of carbonyl (C=O) groups is 1. The normalized spacial score (nSPS) is 15.4. The maximum atomic E-state index is 14.3. The molecule has 0 heterocycles. The lowest BCUT2D eigenvalue weighted by Crippen LogP contribution is -2.36. The fourth-order valence-corrected chi connectivity index (χ4v) is 3.49. The van der Waals surface area contributed by atoms with Crippen LogP contribution in [0.25, 0.3) is 0 Å². The highest BCUT2D eigenvalue weighted by molar-refractivity contribution is 5.76. The van der Waals surface area contributed by atoms with Gasteiger partial charge < -0.3 is 20.0 Å². The van der Waals surface area contributed by atoms with E-state index < -0.39 is 35.7 Å². The first-order valence-electron chi connectivity index (χ1n) is 12.2. The van der Waals surface area contributed by atoms with Gasteiger partial charge in [0.2, 0.25) is 5.91 Å². The Morgan fingerprint density at radius 3 is 2.58 bits per heavy atom. The number of unbranched alkanes of at least 4 members (excludes halogenated alkanes) is 1. The van der Waals surface area contributed by atoms with Gasteiger partial charge in [-0.15, -0.1) is 10.1 Å². The van der Waals surface area contributed by atoms with E-state index in [1.807, 2.05) is 19.1 Å². The average Bonchev–Trinajstić information content (AvgIpc) is 2.84. The number of alkyl halides is 2. The number of benzene rings is 1. The summed E-state index contributed by atoms with van der Waals surface area (Å²) in [5.41, 5.74) is 0. The lowest BCUT2D eigenvalue weighted by atomic mass is 9.84. The zero-order valence-electron chi connectivity index (χ0n) is 21.1. The maximum Gasteiger partial charge on any atom is 0.299 e. The van der Waals surface area contributed by atoms with Gasteiger partial charge in [0.15, 0.2) is 6.61 Å². The van der Waals surface area contributed by atoms with Crippen LogP contribution in [0.3, 0.4) is 0 Å². The van der Waals surface area contributed by atoms with Gasteiger partial charge in [0, 0.05) is 18.4 Å². The smallest absolute Gasteiger partial charge is 0.299 e. The number of hydrogen-bond acceptors (Lipinski definition) is 6. The van der Waals surface area contributed by atoms with Crippen molar-refractivity contribution in [3.05, 3.63) is 64.8 Å². The topological polar surface area (TPSA) is 111 Å². The predicted octanol–water partition coefficient (Wildman–Crippen LogP) is 5.11. The summed E-state index contributed by atoms with van der Waals surface area (Å²) in [4.78, 5) is 26.2.